The molecule has 17 heavy (non-hydrogen) atoms. The van der Waals surface area contributed by atoms with E-state index in [9.17, 15) is 9.90 Å². The summed E-state index contributed by atoms with van der Waals surface area (Å²) in [5.41, 5.74) is 0.591. The third-order valence-electron chi connectivity index (χ3n) is 3.66. The van der Waals surface area contributed by atoms with Gasteiger partial charge in [-0.3, -0.25) is 4.79 Å². The molecule has 2 N–H and O–H groups in total. The predicted octanol–water partition coefficient (Wildman–Crippen LogP) is 2.23. The Hall–Kier alpha value is -1.71. The zero-order valence-electron chi connectivity index (χ0n) is 10.1. The molecule has 1 aromatic rings. The van der Waals surface area contributed by atoms with Gasteiger partial charge in [-0.25, -0.2) is 0 Å². The summed E-state index contributed by atoms with van der Waals surface area (Å²) in [5, 5.41) is 18.8. The zero-order chi connectivity index (χ0) is 12.8. The number of carboxylic acid groups (broad SMARTS) is 1. The number of ether oxygens (including phenoxy) is 1. The second-order valence-electron chi connectivity index (χ2n) is 5.05. The number of hydrogen-bond donors (Lipinski definition) is 2. The smallest absolute Gasteiger partial charge is 0.307 e. The fourth-order valence-electron chi connectivity index (χ4n) is 2.62. The third kappa shape index (κ3) is 1.73. The molecule has 4 heteroatoms. The van der Waals surface area contributed by atoms with Crippen LogP contribution >= 0.6 is 0 Å². The summed E-state index contributed by atoms with van der Waals surface area (Å²) in [6.45, 7) is 3.86. The summed E-state index contributed by atoms with van der Waals surface area (Å²) >= 11 is 0. The van der Waals surface area contributed by atoms with Gasteiger partial charge in [-0.1, -0.05) is 19.9 Å². The van der Waals surface area contributed by atoms with Crippen LogP contribution in [0.15, 0.2) is 18.2 Å². The van der Waals surface area contributed by atoms with Gasteiger partial charge in [0.15, 0.2) is 11.5 Å². The number of phenolic OH excluding ortho intramolecular Hbond substituents is 1. The molecule has 0 heterocycles. The lowest BCUT2D eigenvalue weighted by Crippen LogP contribution is -2.03. The van der Waals surface area contributed by atoms with E-state index in [0.717, 1.165) is 5.56 Å². The number of carboxylic acids is 1. The molecule has 0 aliphatic heterocycles. The van der Waals surface area contributed by atoms with Gasteiger partial charge in [-0.05, 0) is 23.1 Å². The first kappa shape index (κ1) is 11.8. The van der Waals surface area contributed by atoms with Crippen molar-refractivity contribution in [2.45, 2.75) is 19.8 Å². The van der Waals surface area contributed by atoms with Crippen LogP contribution in [0.3, 0.4) is 0 Å². The molecule has 0 bridgehead atoms. The van der Waals surface area contributed by atoms with Crippen LogP contribution in [0.4, 0.5) is 0 Å². The Bertz CT molecular complexity index is 464. The van der Waals surface area contributed by atoms with Crippen molar-refractivity contribution in [1.82, 2.24) is 0 Å². The highest BCUT2D eigenvalue weighted by molar-refractivity contribution is 5.77. The molecule has 1 fully saturated rings. The van der Waals surface area contributed by atoms with Crippen LogP contribution in [0, 0.1) is 11.3 Å². The van der Waals surface area contributed by atoms with Crippen molar-refractivity contribution >= 4 is 5.97 Å². The lowest BCUT2D eigenvalue weighted by atomic mass is 10.0. The minimum atomic E-state index is -0.782. The van der Waals surface area contributed by atoms with Crippen molar-refractivity contribution in [1.29, 1.82) is 0 Å². The van der Waals surface area contributed by atoms with Gasteiger partial charge in [0.05, 0.1) is 13.0 Å². The maximum Gasteiger partial charge on any atom is 0.307 e. The molecule has 2 rings (SSSR count). The average Bonchev–Trinajstić information content (AvgIpc) is 2.81. The van der Waals surface area contributed by atoms with Gasteiger partial charge in [0.25, 0.3) is 0 Å². The summed E-state index contributed by atoms with van der Waals surface area (Å²) < 4.78 is 4.96. The van der Waals surface area contributed by atoms with Crippen molar-refractivity contribution in [3.63, 3.8) is 0 Å². The Morgan fingerprint density at radius 1 is 1.41 bits per heavy atom. The lowest BCUT2D eigenvalue weighted by Gasteiger charge is -2.07. The van der Waals surface area contributed by atoms with E-state index >= 15 is 0 Å². The van der Waals surface area contributed by atoms with Crippen LogP contribution in [0.25, 0.3) is 0 Å². The third-order valence-corrected chi connectivity index (χ3v) is 3.66. The molecule has 0 saturated heterocycles. The van der Waals surface area contributed by atoms with Gasteiger partial charge in [-0.15, -0.1) is 0 Å². The van der Waals surface area contributed by atoms with Crippen molar-refractivity contribution in [3.8, 4) is 11.5 Å². The molecule has 92 valence electrons. The largest absolute Gasteiger partial charge is 0.504 e. The SMILES string of the molecule is COc1ccc([C@H]2[C@H](C(=O)O)C2(C)C)cc1O. The van der Waals surface area contributed by atoms with Crippen molar-refractivity contribution in [2.75, 3.05) is 7.11 Å². The van der Waals surface area contributed by atoms with E-state index in [2.05, 4.69) is 0 Å². The highest BCUT2D eigenvalue weighted by Crippen LogP contribution is 2.64. The Labute approximate surface area is 99.8 Å². The Morgan fingerprint density at radius 3 is 2.47 bits per heavy atom. The van der Waals surface area contributed by atoms with Crippen molar-refractivity contribution in [3.05, 3.63) is 23.8 Å². The number of phenols is 1. The second kappa shape index (κ2) is 3.65. The highest BCUT2D eigenvalue weighted by atomic mass is 16.5. The number of methoxy groups -OCH3 is 1. The molecular weight excluding hydrogens is 220 g/mol. The maximum atomic E-state index is 11.1. The molecular formula is C13H16O4. The molecule has 1 aliphatic rings. The summed E-state index contributed by atoms with van der Waals surface area (Å²) in [4.78, 5) is 11.1. The Balaban J connectivity index is 2.31. The van der Waals surface area contributed by atoms with E-state index in [1.807, 2.05) is 19.9 Å². The quantitative estimate of drug-likeness (QED) is 0.844. The van der Waals surface area contributed by atoms with E-state index in [4.69, 9.17) is 9.84 Å². The standard InChI is InChI=1S/C13H16O4/c1-13(2)10(11(13)12(15)16)7-4-5-9(17-3)8(14)6-7/h4-6,10-11,14H,1-3H3,(H,15,16)/t10-,11+/m0/s1. The molecule has 1 aromatic carbocycles. The van der Waals surface area contributed by atoms with Crippen LogP contribution in [0.1, 0.15) is 25.3 Å². The summed E-state index contributed by atoms with van der Waals surface area (Å²) in [6.07, 6.45) is 0. The van der Waals surface area contributed by atoms with Crippen LogP contribution < -0.4 is 4.74 Å². The first-order valence-electron chi connectivity index (χ1n) is 5.49. The molecule has 0 unspecified atom stereocenters. The molecule has 0 radical (unpaired) electrons. The van der Waals surface area contributed by atoms with E-state index in [1.165, 1.54) is 7.11 Å². The summed E-state index contributed by atoms with van der Waals surface area (Å²) in [6, 6.07) is 5.07. The molecule has 4 nitrogen and oxygen atoms in total. The molecule has 0 spiro atoms. The van der Waals surface area contributed by atoms with E-state index in [0.29, 0.717) is 5.75 Å². The minimum absolute atomic E-state index is 0.0446. The monoisotopic (exact) mass is 236 g/mol. The second-order valence-corrected chi connectivity index (χ2v) is 5.05. The number of aliphatic carboxylic acids is 1. The van der Waals surface area contributed by atoms with E-state index < -0.39 is 5.97 Å². The molecule has 1 saturated carbocycles. The fourth-order valence-corrected chi connectivity index (χ4v) is 2.62. The fraction of sp³-hybridized carbons (Fsp3) is 0.462. The van der Waals surface area contributed by atoms with Crippen molar-refractivity contribution in [2.24, 2.45) is 11.3 Å². The van der Waals surface area contributed by atoms with Crippen LogP contribution in [-0.2, 0) is 4.79 Å². The Kier molecular flexibility index (Phi) is 2.53. The number of hydrogen-bond acceptors (Lipinski definition) is 3. The minimum Gasteiger partial charge on any atom is -0.504 e. The van der Waals surface area contributed by atoms with E-state index in [1.54, 1.807) is 12.1 Å². The average molecular weight is 236 g/mol. The first-order chi connectivity index (χ1) is 7.89. The highest BCUT2D eigenvalue weighted by Gasteiger charge is 2.62. The van der Waals surface area contributed by atoms with Gasteiger partial charge in [0.2, 0.25) is 0 Å². The summed E-state index contributed by atoms with van der Waals surface area (Å²) in [5.74, 6) is -0.752. The van der Waals surface area contributed by atoms with Gasteiger partial charge in [-0.2, -0.15) is 0 Å². The first-order valence-corrected chi connectivity index (χ1v) is 5.49. The van der Waals surface area contributed by atoms with Gasteiger partial charge in [0, 0.05) is 5.92 Å². The normalized spacial score (nSPS) is 25.4. The molecule has 0 amide bonds. The lowest BCUT2D eigenvalue weighted by molar-refractivity contribution is -0.139. The van der Waals surface area contributed by atoms with Gasteiger partial charge >= 0.3 is 5.97 Å². The van der Waals surface area contributed by atoms with Gasteiger partial charge in [0.1, 0.15) is 0 Å². The topological polar surface area (TPSA) is 66.8 Å². The molecule has 1 aliphatic carbocycles. The van der Waals surface area contributed by atoms with E-state index in [-0.39, 0.29) is 23.0 Å². The number of benzene rings is 1. The molecule has 0 aromatic heterocycles. The number of aromatic hydroxyl groups is 1. The van der Waals surface area contributed by atoms with Gasteiger partial charge < -0.3 is 14.9 Å². The number of rotatable bonds is 3. The summed E-state index contributed by atoms with van der Waals surface area (Å²) in [7, 11) is 1.48. The van der Waals surface area contributed by atoms with Crippen LogP contribution in [0.2, 0.25) is 0 Å². The predicted molar refractivity (Wildman–Crippen MR) is 62.3 cm³/mol. The zero-order valence-corrected chi connectivity index (χ0v) is 10.1. The Morgan fingerprint density at radius 2 is 2.06 bits per heavy atom. The van der Waals surface area contributed by atoms with Crippen LogP contribution in [0.5, 0.6) is 11.5 Å². The maximum absolute atomic E-state index is 11.1. The van der Waals surface area contributed by atoms with Crippen LogP contribution in [-0.4, -0.2) is 23.3 Å². The van der Waals surface area contributed by atoms with Crippen molar-refractivity contribution < 1.29 is 19.7 Å². The molecule has 2 atom stereocenters. The number of carbonyl (C=O) groups is 1.